The standard InChI is InChI=1S/C16H28N2S/c1-12(2)10-14-15(11-17-3)19-16(18-14)13-8-6-4-5-7-9-13/h12-13,17H,4-11H2,1-3H3. The minimum Gasteiger partial charge on any atom is -0.315 e. The van der Waals surface area contributed by atoms with Crippen molar-refractivity contribution in [2.75, 3.05) is 7.05 Å². The Balaban J connectivity index is 2.15. The van der Waals surface area contributed by atoms with Crippen molar-refractivity contribution in [2.24, 2.45) is 5.92 Å². The van der Waals surface area contributed by atoms with Crippen LogP contribution in [-0.2, 0) is 13.0 Å². The number of thiazole rings is 1. The second-order valence-corrected chi connectivity index (χ2v) is 7.35. The smallest absolute Gasteiger partial charge is 0.0962 e. The second-order valence-electron chi connectivity index (χ2n) is 6.24. The minimum absolute atomic E-state index is 0.694. The third kappa shape index (κ3) is 4.28. The fourth-order valence-electron chi connectivity index (χ4n) is 2.95. The van der Waals surface area contributed by atoms with E-state index in [0.717, 1.165) is 18.9 Å². The van der Waals surface area contributed by atoms with Gasteiger partial charge in [-0.25, -0.2) is 4.98 Å². The van der Waals surface area contributed by atoms with Crippen LogP contribution < -0.4 is 5.32 Å². The number of nitrogens with one attached hydrogen (secondary N) is 1. The number of hydrogen-bond donors (Lipinski definition) is 1. The lowest BCUT2D eigenvalue weighted by atomic mass is 10.0. The van der Waals surface area contributed by atoms with Gasteiger partial charge in [-0.2, -0.15) is 0 Å². The Morgan fingerprint density at radius 3 is 2.47 bits per heavy atom. The topological polar surface area (TPSA) is 24.9 Å². The Hall–Kier alpha value is -0.410. The van der Waals surface area contributed by atoms with Crippen molar-refractivity contribution in [2.45, 2.75) is 71.3 Å². The molecule has 0 atom stereocenters. The zero-order chi connectivity index (χ0) is 13.7. The Morgan fingerprint density at radius 1 is 1.21 bits per heavy atom. The van der Waals surface area contributed by atoms with Crippen LogP contribution in [0.4, 0.5) is 0 Å². The first kappa shape index (κ1) is 15.0. The van der Waals surface area contributed by atoms with Crippen molar-refractivity contribution in [3.63, 3.8) is 0 Å². The number of hydrogen-bond acceptors (Lipinski definition) is 3. The van der Waals surface area contributed by atoms with Gasteiger partial charge in [0.05, 0.1) is 10.7 Å². The predicted octanol–water partition coefficient (Wildman–Crippen LogP) is 4.50. The van der Waals surface area contributed by atoms with Crippen molar-refractivity contribution < 1.29 is 0 Å². The average Bonchev–Trinajstić information content (AvgIpc) is 2.61. The third-order valence-electron chi connectivity index (χ3n) is 3.94. The average molecular weight is 280 g/mol. The molecule has 0 aliphatic heterocycles. The Morgan fingerprint density at radius 2 is 1.89 bits per heavy atom. The number of aromatic nitrogens is 1. The second kappa shape index (κ2) is 7.39. The summed E-state index contributed by atoms with van der Waals surface area (Å²) in [7, 11) is 2.03. The molecule has 19 heavy (non-hydrogen) atoms. The monoisotopic (exact) mass is 280 g/mol. The van der Waals surface area contributed by atoms with Crippen LogP contribution in [0, 0.1) is 5.92 Å². The molecule has 1 aliphatic carbocycles. The highest BCUT2D eigenvalue weighted by Crippen LogP contribution is 2.35. The van der Waals surface area contributed by atoms with Crippen molar-refractivity contribution in [1.82, 2.24) is 10.3 Å². The maximum absolute atomic E-state index is 5.01. The van der Waals surface area contributed by atoms with Gasteiger partial charge in [0.1, 0.15) is 0 Å². The molecule has 2 rings (SSSR count). The third-order valence-corrected chi connectivity index (χ3v) is 5.20. The zero-order valence-corrected chi connectivity index (χ0v) is 13.5. The largest absolute Gasteiger partial charge is 0.315 e. The molecule has 0 bridgehead atoms. The molecule has 0 saturated heterocycles. The molecule has 0 aromatic carbocycles. The van der Waals surface area contributed by atoms with Crippen molar-refractivity contribution in [1.29, 1.82) is 0 Å². The van der Waals surface area contributed by atoms with Gasteiger partial charge in [0, 0.05) is 17.3 Å². The van der Waals surface area contributed by atoms with Crippen molar-refractivity contribution in [3.8, 4) is 0 Å². The van der Waals surface area contributed by atoms with E-state index in [0.29, 0.717) is 5.92 Å². The summed E-state index contributed by atoms with van der Waals surface area (Å²) in [6.07, 6.45) is 9.46. The molecular formula is C16H28N2S. The van der Waals surface area contributed by atoms with Gasteiger partial charge in [-0.3, -0.25) is 0 Å². The molecule has 1 aliphatic rings. The summed E-state index contributed by atoms with van der Waals surface area (Å²) in [5.41, 5.74) is 1.36. The molecule has 3 heteroatoms. The van der Waals surface area contributed by atoms with Gasteiger partial charge in [-0.15, -0.1) is 11.3 Å². The van der Waals surface area contributed by atoms with E-state index in [1.54, 1.807) is 0 Å². The van der Waals surface area contributed by atoms with Crippen LogP contribution in [0.2, 0.25) is 0 Å². The maximum Gasteiger partial charge on any atom is 0.0962 e. The summed E-state index contributed by atoms with van der Waals surface area (Å²) in [5, 5.41) is 4.72. The highest BCUT2D eigenvalue weighted by atomic mass is 32.1. The van der Waals surface area contributed by atoms with Crippen molar-refractivity contribution >= 4 is 11.3 Å². The predicted molar refractivity (Wildman–Crippen MR) is 83.9 cm³/mol. The Bertz CT molecular complexity index is 376. The Kier molecular flexibility index (Phi) is 5.83. The van der Waals surface area contributed by atoms with Gasteiger partial charge in [0.15, 0.2) is 0 Å². The van der Waals surface area contributed by atoms with Crippen LogP contribution in [0.5, 0.6) is 0 Å². The van der Waals surface area contributed by atoms with Crippen LogP contribution in [-0.4, -0.2) is 12.0 Å². The molecule has 1 aromatic heterocycles. The Labute approximate surface area is 122 Å². The quantitative estimate of drug-likeness (QED) is 0.803. The fraction of sp³-hybridized carbons (Fsp3) is 0.812. The van der Waals surface area contributed by atoms with Crippen LogP contribution in [0.1, 0.15) is 73.9 Å². The van der Waals surface area contributed by atoms with E-state index < -0.39 is 0 Å². The summed E-state index contributed by atoms with van der Waals surface area (Å²) < 4.78 is 0. The molecule has 1 N–H and O–H groups in total. The lowest BCUT2D eigenvalue weighted by molar-refractivity contribution is 0.581. The lowest BCUT2D eigenvalue weighted by Gasteiger charge is -2.09. The number of rotatable bonds is 5. The van der Waals surface area contributed by atoms with Crippen LogP contribution in [0.25, 0.3) is 0 Å². The molecule has 1 fully saturated rings. The van der Waals surface area contributed by atoms with E-state index in [1.165, 1.54) is 54.1 Å². The summed E-state index contributed by atoms with van der Waals surface area (Å²) in [5.74, 6) is 1.43. The van der Waals surface area contributed by atoms with E-state index in [2.05, 4.69) is 19.2 Å². The summed E-state index contributed by atoms with van der Waals surface area (Å²) in [6, 6.07) is 0. The van der Waals surface area contributed by atoms with Gasteiger partial charge in [0.25, 0.3) is 0 Å². The van der Waals surface area contributed by atoms with E-state index in [4.69, 9.17) is 4.98 Å². The summed E-state index contributed by atoms with van der Waals surface area (Å²) in [6.45, 7) is 5.55. The molecule has 108 valence electrons. The first-order chi connectivity index (χ1) is 9.20. The van der Waals surface area contributed by atoms with Gasteiger partial charge in [-0.1, -0.05) is 39.5 Å². The molecule has 0 amide bonds. The molecule has 1 aromatic rings. The lowest BCUT2D eigenvalue weighted by Crippen LogP contribution is -2.07. The van der Waals surface area contributed by atoms with Crippen LogP contribution in [0.3, 0.4) is 0 Å². The highest BCUT2D eigenvalue weighted by Gasteiger charge is 2.20. The normalized spacial score (nSPS) is 17.9. The first-order valence-corrected chi connectivity index (χ1v) is 8.65. The summed E-state index contributed by atoms with van der Waals surface area (Å²) in [4.78, 5) is 6.48. The van der Waals surface area contributed by atoms with E-state index in [-0.39, 0.29) is 0 Å². The van der Waals surface area contributed by atoms with Gasteiger partial charge >= 0.3 is 0 Å². The van der Waals surface area contributed by atoms with E-state index >= 15 is 0 Å². The molecule has 0 radical (unpaired) electrons. The molecule has 2 nitrogen and oxygen atoms in total. The zero-order valence-electron chi connectivity index (χ0n) is 12.7. The summed E-state index contributed by atoms with van der Waals surface area (Å²) >= 11 is 1.97. The molecular weight excluding hydrogens is 252 g/mol. The van der Waals surface area contributed by atoms with Crippen LogP contribution >= 0.6 is 11.3 Å². The molecule has 1 saturated carbocycles. The SMILES string of the molecule is CNCc1sc(C2CCCCCC2)nc1CC(C)C. The first-order valence-electron chi connectivity index (χ1n) is 7.83. The van der Waals surface area contributed by atoms with Crippen molar-refractivity contribution in [3.05, 3.63) is 15.6 Å². The maximum atomic E-state index is 5.01. The molecule has 0 spiro atoms. The van der Waals surface area contributed by atoms with Gasteiger partial charge < -0.3 is 5.32 Å². The van der Waals surface area contributed by atoms with E-state index in [1.807, 2.05) is 18.4 Å². The van der Waals surface area contributed by atoms with Gasteiger partial charge in [0.2, 0.25) is 0 Å². The molecule has 1 heterocycles. The minimum atomic E-state index is 0.694. The van der Waals surface area contributed by atoms with Gasteiger partial charge in [-0.05, 0) is 32.2 Å². The molecule has 0 unspecified atom stereocenters. The highest BCUT2D eigenvalue weighted by molar-refractivity contribution is 7.11. The van der Waals surface area contributed by atoms with Crippen LogP contribution in [0.15, 0.2) is 0 Å². The number of nitrogens with zero attached hydrogens (tertiary/aromatic N) is 1. The fourth-order valence-corrected chi connectivity index (χ4v) is 4.22. The van der Waals surface area contributed by atoms with E-state index in [9.17, 15) is 0 Å².